The van der Waals surface area contributed by atoms with Gasteiger partial charge in [0.05, 0.1) is 5.56 Å². The molecule has 0 aliphatic rings. The number of rotatable bonds is 2. The lowest BCUT2D eigenvalue weighted by molar-refractivity contribution is 0.0976. The molecular weight excluding hydrogens is 156 g/mol. The van der Waals surface area contributed by atoms with Gasteiger partial charge in [-0.05, 0) is 6.92 Å². The highest BCUT2D eigenvalue weighted by atomic mass is 16.1. The molecule has 4 nitrogen and oxygen atoms in total. The fraction of sp³-hybridized carbons (Fsp3) is 0.250. The van der Waals surface area contributed by atoms with Gasteiger partial charge in [-0.3, -0.25) is 9.59 Å². The van der Waals surface area contributed by atoms with Crippen LogP contribution in [0.3, 0.4) is 0 Å². The van der Waals surface area contributed by atoms with Crippen molar-refractivity contribution < 1.29 is 9.59 Å². The average molecular weight is 164 g/mol. The Morgan fingerprint density at radius 3 is 2.33 bits per heavy atom. The van der Waals surface area contributed by atoms with E-state index >= 15 is 0 Å². The largest absolute Gasteiger partial charge is 0.294 e. The monoisotopic (exact) mass is 164 g/mol. The van der Waals surface area contributed by atoms with Gasteiger partial charge in [-0.25, -0.2) is 9.97 Å². The number of carbonyl (C=O) groups is 2. The van der Waals surface area contributed by atoms with Crippen LogP contribution in [0.1, 0.15) is 34.7 Å². The molecule has 0 unspecified atom stereocenters. The van der Waals surface area contributed by atoms with Gasteiger partial charge in [-0.15, -0.1) is 0 Å². The average Bonchev–Trinajstić information content (AvgIpc) is 2.04. The van der Waals surface area contributed by atoms with Gasteiger partial charge in [-0.1, -0.05) is 0 Å². The summed E-state index contributed by atoms with van der Waals surface area (Å²) in [5.74, 6) is -0.414. The van der Waals surface area contributed by atoms with Crippen molar-refractivity contribution in [1.29, 1.82) is 0 Å². The molecule has 0 spiro atoms. The van der Waals surface area contributed by atoms with E-state index in [0.29, 0.717) is 0 Å². The minimum Gasteiger partial charge on any atom is -0.294 e. The van der Waals surface area contributed by atoms with E-state index in [-0.39, 0.29) is 22.8 Å². The number of nitrogens with zero attached hydrogens (tertiary/aromatic N) is 2. The maximum Gasteiger partial charge on any atom is 0.178 e. The molecule has 0 aliphatic heterocycles. The molecule has 1 aromatic rings. The van der Waals surface area contributed by atoms with Gasteiger partial charge in [0.15, 0.2) is 11.6 Å². The van der Waals surface area contributed by atoms with Crippen LogP contribution in [0.4, 0.5) is 0 Å². The molecule has 1 rings (SSSR count). The van der Waals surface area contributed by atoms with E-state index in [1.54, 1.807) is 0 Å². The highest BCUT2D eigenvalue weighted by molar-refractivity contribution is 6.05. The quantitative estimate of drug-likeness (QED) is 0.609. The van der Waals surface area contributed by atoms with E-state index in [4.69, 9.17) is 0 Å². The first-order chi connectivity index (χ1) is 5.63. The molecular formula is C8H8N2O2. The molecule has 0 fully saturated rings. The van der Waals surface area contributed by atoms with Gasteiger partial charge < -0.3 is 0 Å². The summed E-state index contributed by atoms with van der Waals surface area (Å²) < 4.78 is 0. The Balaban J connectivity index is 3.27. The summed E-state index contributed by atoms with van der Waals surface area (Å²) in [6.45, 7) is 2.75. The third-order valence-corrected chi connectivity index (χ3v) is 1.43. The second-order valence-corrected chi connectivity index (χ2v) is 2.40. The molecule has 0 atom stereocenters. The summed E-state index contributed by atoms with van der Waals surface area (Å²) >= 11 is 0. The Morgan fingerprint density at radius 2 is 1.92 bits per heavy atom. The Kier molecular flexibility index (Phi) is 2.28. The van der Waals surface area contributed by atoms with Crippen molar-refractivity contribution in [2.45, 2.75) is 13.8 Å². The maximum atomic E-state index is 10.9. The zero-order chi connectivity index (χ0) is 9.14. The third kappa shape index (κ3) is 1.53. The van der Waals surface area contributed by atoms with Crippen LogP contribution in [0.15, 0.2) is 12.5 Å². The summed E-state index contributed by atoms with van der Waals surface area (Å²) in [7, 11) is 0. The third-order valence-electron chi connectivity index (χ3n) is 1.43. The van der Waals surface area contributed by atoms with Gasteiger partial charge in [0.1, 0.15) is 12.0 Å². The topological polar surface area (TPSA) is 59.9 Å². The van der Waals surface area contributed by atoms with Crippen LogP contribution in [0.2, 0.25) is 0 Å². The molecule has 0 radical (unpaired) electrons. The van der Waals surface area contributed by atoms with Crippen LogP contribution < -0.4 is 0 Å². The molecule has 1 aromatic heterocycles. The Hall–Kier alpha value is -1.58. The van der Waals surface area contributed by atoms with Gasteiger partial charge in [0.25, 0.3) is 0 Å². The lowest BCUT2D eigenvalue weighted by Gasteiger charge is -1.98. The molecule has 1 heterocycles. The minimum atomic E-state index is -0.220. The lowest BCUT2D eigenvalue weighted by Crippen LogP contribution is -2.07. The SMILES string of the molecule is CC(=O)c1cncnc1C(C)=O. The van der Waals surface area contributed by atoms with E-state index < -0.39 is 0 Å². The van der Waals surface area contributed by atoms with Gasteiger partial charge in [-0.2, -0.15) is 0 Å². The summed E-state index contributed by atoms with van der Waals surface area (Å²) in [6, 6.07) is 0. The first kappa shape index (κ1) is 8.52. The van der Waals surface area contributed by atoms with Crippen molar-refractivity contribution in [3.63, 3.8) is 0 Å². The molecule has 0 saturated heterocycles. The first-order valence-corrected chi connectivity index (χ1v) is 3.45. The normalized spacial score (nSPS) is 9.50. The second kappa shape index (κ2) is 3.21. The second-order valence-electron chi connectivity index (χ2n) is 2.40. The summed E-state index contributed by atoms with van der Waals surface area (Å²) in [5.41, 5.74) is 0.475. The highest BCUT2D eigenvalue weighted by Gasteiger charge is 2.11. The molecule has 4 heteroatoms. The summed E-state index contributed by atoms with van der Waals surface area (Å²) in [4.78, 5) is 29.2. The Labute approximate surface area is 69.7 Å². The standard InChI is InChI=1S/C8H8N2O2/c1-5(11)7-3-9-4-10-8(7)6(2)12/h3-4H,1-2H3. The molecule has 0 bridgehead atoms. The van der Waals surface area contributed by atoms with Crippen LogP contribution in [-0.4, -0.2) is 21.5 Å². The van der Waals surface area contributed by atoms with Crippen LogP contribution in [0.5, 0.6) is 0 Å². The molecule has 0 aromatic carbocycles. The number of ketones is 2. The van der Waals surface area contributed by atoms with Crippen molar-refractivity contribution in [2.75, 3.05) is 0 Å². The van der Waals surface area contributed by atoms with E-state index in [9.17, 15) is 9.59 Å². The number of Topliss-reactive ketones (excluding diaryl/α,β-unsaturated/α-hetero) is 2. The maximum absolute atomic E-state index is 10.9. The Morgan fingerprint density at radius 1 is 1.25 bits per heavy atom. The zero-order valence-electron chi connectivity index (χ0n) is 6.87. The van der Waals surface area contributed by atoms with E-state index in [2.05, 4.69) is 9.97 Å². The van der Waals surface area contributed by atoms with E-state index in [1.807, 2.05) is 0 Å². The smallest absolute Gasteiger partial charge is 0.178 e. The number of aromatic nitrogens is 2. The molecule has 62 valence electrons. The van der Waals surface area contributed by atoms with Crippen LogP contribution in [0, 0.1) is 0 Å². The molecule has 0 aliphatic carbocycles. The number of carbonyl (C=O) groups excluding carboxylic acids is 2. The highest BCUT2D eigenvalue weighted by Crippen LogP contribution is 2.04. The van der Waals surface area contributed by atoms with Crippen molar-refractivity contribution >= 4 is 11.6 Å². The van der Waals surface area contributed by atoms with Gasteiger partial charge >= 0.3 is 0 Å². The fourth-order valence-corrected chi connectivity index (χ4v) is 0.868. The Bertz CT molecular complexity index is 301. The van der Waals surface area contributed by atoms with Crippen LogP contribution in [-0.2, 0) is 0 Å². The predicted molar refractivity (Wildman–Crippen MR) is 42.0 cm³/mol. The summed E-state index contributed by atoms with van der Waals surface area (Å²) in [6.07, 6.45) is 2.61. The summed E-state index contributed by atoms with van der Waals surface area (Å²) in [5, 5.41) is 0. The minimum absolute atomic E-state index is 0.192. The first-order valence-electron chi connectivity index (χ1n) is 3.45. The van der Waals surface area contributed by atoms with Crippen molar-refractivity contribution in [3.8, 4) is 0 Å². The van der Waals surface area contributed by atoms with Crippen LogP contribution in [0.25, 0.3) is 0 Å². The molecule has 12 heavy (non-hydrogen) atoms. The van der Waals surface area contributed by atoms with Crippen molar-refractivity contribution in [2.24, 2.45) is 0 Å². The van der Waals surface area contributed by atoms with Crippen LogP contribution >= 0.6 is 0 Å². The lowest BCUT2D eigenvalue weighted by atomic mass is 10.1. The molecule has 0 amide bonds. The zero-order valence-corrected chi connectivity index (χ0v) is 6.87. The number of hydrogen-bond donors (Lipinski definition) is 0. The van der Waals surface area contributed by atoms with Gasteiger partial charge in [0, 0.05) is 13.1 Å². The van der Waals surface area contributed by atoms with Crippen molar-refractivity contribution in [3.05, 3.63) is 23.8 Å². The molecule has 0 saturated carbocycles. The number of hydrogen-bond acceptors (Lipinski definition) is 4. The van der Waals surface area contributed by atoms with E-state index in [1.165, 1.54) is 26.4 Å². The van der Waals surface area contributed by atoms with Crippen molar-refractivity contribution in [1.82, 2.24) is 9.97 Å². The predicted octanol–water partition coefficient (Wildman–Crippen LogP) is 0.882. The van der Waals surface area contributed by atoms with Gasteiger partial charge in [0.2, 0.25) is 0 Å². The molecule has 0 N–H and O–H groups in total. The fourth-order valence-electron chi connectivity index (χ4n) is 0.868. The van der Waals surface area contributed by atoms with E-state index in [0.717, 1.165) is 0 Å².